The van der Waals surface area contributed by atoms with Crippen LogP contribution in [0.25, 0.3) is 0 Å². The monoisotopic (exact) mass is 284 g/mol. The molecule has 86 valence electrons. The van der Waals surface area contributed by atoms with E-state index in [0.717, 1.165) is 4.47 Å². The van der Waals surface area contributed by atoms with Gasteiger partial charge in [-0.15, -0.1) is 0 Å². The second-order valence-corrected chi connectivity index (χ2v) is 4.26. The first-order valence-electron chi connectivity index (χ1n) is 4.90. The average Bonchev–Trinajstić information content (AvgIpc) is 2.25. The highest BCUT2D eigenvalue weighted by atomic mass is 79.9. The third-order valence-corrected chi connectivity index (χ3v) is 2.64. The summed E-state index contributed by atoms with van der Waals surface area (Å²) < 4.78 is 0.812. The summed E-state index contributed by atoms with van der Waals surface area (Å²) >= 11 is 3.27. The van der Waals surface area contributed by atoms with Crippen LogP contribution in [0.2, 0.25) is 0 Å². The van der Waals surface area contributed by atoms with Gasteiger partial charge in [-0.2, -0.15) is 0 Å². The average molecular weight is 285 g/mol. The Hall–Kier alpha value is -1.36. The molecule has 3 N–H and O–H groups in total. The number of benzene rings is 1. The van der Waals surface area contributed by atoms with Crippen molar-refractivity contribution in [3.05, 3.63) is 34.3 Å². The molecule has 16 heavy (non-hydrogen) atoms. The minimum absolute atomic E-state index is 0.299. The maximum absolute atomic E-state index is 11.7. The number of amides is 2. The Kier molecular flexibility index (Phi) is 4.49. The van der Waals surface area contributed by atoms with Gasteiger partial charge in [-0.3, -0.25) is 9.59 Å². The number of carbonyl (C=O) groups excluding carboxylic acids is 2. The lowest BCUT2D eigenvalue weighted by molar-refractivity contribution is -0.119. The standard InChI is InChI=1S/C11H13BrN2O2/c1-2-9(10(13)15)14-11(16)7-4-3-5-8(12)6-7/h3-6,9H,2H2,1H3,(H2,13,15)(H,14,16)/t9-/m1/s1. The number of nitrogens with one attached hydrogen (secondary N) is 1. The Morgan fingerprint density at radius 3 is 2.69 bits per heavy atom. The number of rotatable bonds is 4. The van der Waals surface area contributed by atoms with Crippen LogP contribution in [-0.4, -0.2) is 17.9 Å². The quantitative estimate of drug-likeness (QED) is 0.878. The van der Waals surface area contributed by atoms with Crippen LogP contribution >= 0.6 is 15.9 Å². The van der Waals surface area contributed by atoms with Gasteiger partial charge >= 0.3 is 0 Å². The van der Waals surface area contributed by atoms with E-state index in [1.807, 2.05) is 6.07 Å². The number of nitrogens with two attached hydrogens (primary N) is 1. The molecule has 0 saturated carbocycles. The molecular weight excluding hydrogens is 272 g/mol. The van der Waals surface area contributed by atoms with E-state index in [1.165, 1.54) is 0 Å². The Balaban J connectivity index is 2.75. The van der Waals surface area contributed by atoms with E-state index >= 15 is 0 Å². The summed E-state index contributed by atoms with van der Waals surface area (Å²) in [5.41, 5.74) is 5.64. The van der Waals surface area contributed by atoms with Crippen molar-refractivity contribution >= 4 is 27.7 Å². The zero-order chi connectivity index (χ0) is 12.1. The summed E-state index contributed by atoms with van der Waals surface area (Å²) in [7, 11) is 0. The van der Waals surface area contributed by atoms with Crippen LogP contribution in [-0.2, 0) is 4.79 Å². The van der Waals surface area contributed by atoms with E-state index in [4.69, 9.17) is 5.73 Å². The Morgan fingerprint density at radius 1 is 1.50 bits per heavy atom. The molecule has 0 aliphatic carbocycles. The van der Waals surface area contributed by atoms with Crippen LogP contribution in [0.1, 0.15) is 23.7 Å². The zero-order valence-electron chi connectivity index (χ0n) is 8.87. The molecule has 0 saturated heterocycles. The molecule has 0 bridgehead atoms. The minimum atomic E-state index is -0.619. The molecule has 0 aliphatic heterocycles. The lowest BCUT2D eigenvalue weighted by Gasteiger charge is -2.13. The van der Waals surface area contributed by atoms with E-state index in [-0.39, 0.29) is 5.91 Å². The molecular formula is C11H13BrN2O2. The van der Waals surface area contributed by atoms with Crippen LogP contribution in [0.5, 0.6) is 0 Å². The molecule has 1 aromatic carbocycles. The molecule has 1 rings (SSSR count). The molecule has 1 aromatic rings. The first-order valence-corrected chi connectivity index (χ1v) is 5.69. The molecule has 4 nitrogen and oxygen atoms in total. The molecule has 0 aliphatic rings. The van der Waals surface area contributed by atoms with Gasteiger partial charge in [0.15, 0.2) is 0 Å². The summed E-state index contributed by atoms with van der Waals surface area (Å²) in [6.07, 6.45) is 0.481. The fourth-order valence-electron chi connectivity index (χ4n) is 1.25. The second kappa shape index (κ2) is 5.65. The topological polar surface area (TPSA) is 72.2 Å². The van der Waals surface area contributed by atoms with Gasteiger partial charge in [-0.1, -0.05) is 28.9 Å². The molecule has 2 amide bonds. The van der Waals surface area contributed by atoms with E-state index in [0.29, 0.717) is 12.0 Å². The molecule has 0 spiro atoms. The SMILES string of the molecule is CC[C@@H](NC(=O)c1cccc(Br)c1)C(N)=O. The van der Waals surface area contributed by atoms with Crippen molar-refractivity contribution < 1.29 is 9.59 Å². The Morgan fingerprint density at radius 2 is 2.19 bits per heavy atom. The smallest absolute Gasteiger partial charge is 0.251 e. The van der Waals surface area contributed by atoms with Gasteiger partial charge < -0.3 is 11.1 Å². The summed E-state index contributed by atoms with van der Waals surface area (Å²) in [6.45, 7) is 1.79. The van der Waals surface area contributed by atoms with Gasteiger partial charge in [0.2, 0.25) is 5.91 Å². The highest BCUT2D eigenvalue weighted by molar-refractivity contribution is 9.10. The van der Waals surface area contributed by atoms with Crippen molar-refractivity contribution in [3.63, 3.8) is 0 Å². The van der Waals surface area contributed by atoms with Crippen molar-refractivity contribution in [3.8, 4) is 0 Å². The predicted octanol–water partition coefficient (Wildman–Crippen LogP) is 1.44. The molecule has 0 unspecified atom stereocenters. The fraction of sp³-hybridized carbons (Fsp3) is 0.273. The lowest BCUT2D eigenvalue weighted by Crippen LogP contribution is -2.43. The zero-order valence-corrected chi connectivity index (χ0v) is 10.5. The molecule has 0 heterocycles. The largest absolute Gasteiger partial charge is 0.368 e. The number of hydrogen-bond donors (Lipinski definition) is 2. The van der Waals surface area contributed by atoms with Crippen LogP contribution in [0.4, 0.5) is 0 Å². The molecule has 0 radical (unpaired) electrons. The van der Waals surface area contributed by atoms with Crippen LogP contribution < -0.4 is 11.1 Å². The van der Waals surface area contributed by atoms with Crippen LogP contribution in [0, 0.1) is 0 Å². The number of hydrogen-bond acceptors (Lipinski definition) is 2. The van der Waals surface area contributed by atoms with Crippen molar-refractivity contribution in [2.75, 3.05) is 0 Å². The van der Waals surface area contributed by atoms with E-state index in [1.54, 1.807) is 25.1 Å². The molecule has 0 fully saturated rings. The first-order chi connectivity index (χ1) is 7.54. The van der Waals surface area contributed by atoms with E-state index in [2.05, 4.69) is 21.2 Å². The highest BCUT2D eigenvalue weighted by Crippen LogP contribution is 2.11. The maximum Gasteiger partial charge on any atom is 0.251 e. The van der Waals surface area contributed by atoms with Gasteiger partial charge in [-0.25, -0.2) is 0 Å². The van der Waals surface area contributed by atoms with Gasteiger partial charge in [0.25, 0.3) is 5.91 Å². The summed E-state index contributed by atoms with van der Waals surface area (Å²) in [6, 6.07) is 6.31. The minimum Gasteiger partial charge on any atom is -0.368 e. The van der Waals surface area contributed by atoms with E-state index < -0.39 is 11.9 Å². The van der Waals surface area contributed by atoms with Crippen LogP contribution in [0.15, 0.2) is 28.7 Å². The van der Waals surface area contributed by atoms with Gasteiger partial charge in [0.05, 0.1) is 0 Å². The lowest BCUT2D eigenvalue weighted by atomic mass is 10.1. The van der Waals surface area contributed by atoms with Gasteiger partial charge in [-0.05, 0) is 24.6 Å². The summed E-state index contributed by atoms with van der Waals surface area (Å²) in [5, 5.41) is 2.58. The van der Waals surface area contributed by atoms with Crippen molar-refractivity contribution in [1.29, 1.82) is 0 Å². The van der Waals surface area contributed by atoms with Crippen molar-refractivity contribution in [2.24, 2.45) is 5.73 Å². The van der Waals surface area contributed by atoms with Crippen LogP contribution in [0.3, 0.4) is 0 Å². The Labute approximate surface area is 102 Å². The summed E-state index contributed by atoms with van der Waals surface area (Å²) in [5.74, 6) is -0.821. The number of primary amides is 1. The molecule has 5 heteroatoms. The normalized spacial score (nSPS) is 11.9. The third kappa shape index (κ3) is 3.34. The summed E-state index contributed by atoms with van der Waals surface area (Å²) in [4.78, 5) is 22.7. The maximum atomic E-state index is 11.7. The number of halogens is 1. The van der Waals surface area contributed by atoms with Crippen molar-refractivity contribution in [1.82, 2.24) is 5.32 Å². The van der Waals surface area contributed by atoms with Gasteiger partial charge in [0, 0.05) is 10.0 Å². The highest BCUT2D eigenvalue weighted by Gasteiger charge is 2.16. The van der Waals surface area contributed by atoms with Crippen molar-refractivity contribution in [2.45, 2.75) is 19.4 Å². The second-order valence-electron chi connectivity index (χ2n) is 3.35. The predicted molar refractivity (Wildman–Crippen MR) is 64.9 cm³/mol. The third-order valence-electron chi connectivity index (χ3n) is 2.14. The van der Waals surface area contributed by atoms with Gasteiger partial charge in [0.1, 0.15) is 6.04 Å². The van der Waals surface area contributed by atoms with E-state index in [9.17, 15) is 9.59 Å². The fourth-order valence-corrected chi connectivity index (χ4v) is 1.64. The molecule has 1 atom stereocenters. The Bertz CT molecular complexity index is 407. The first kappa shape index (κ1) is 12.7. The molecule has 0 aromatic heterocycles. The number of carbonyl (C=O) groups is 2.